The Morgan fingerprint density at radius 2 is 2.14 bits per heavy atom. The molecule has 1 aromatic rings. The van der Waals surface area contributed by atoms with Crippen molar-refractivity contribution in [1.82, 2.24) is 10.2 Å². The van der Waals surface area contributed by atoms with E-state index in [-0.39, 0.29) is 41.4 Å². The van der Waals surface area contributed by atoms with Crippen molar-refractivity contribution in [3.8, 4) is 0 Å². The van der Waals surface area contributed by atoms with E-state index >= 15 is 0 Å². The van der Waals surface area contributed by atoms with E-state index in [9.17, 15) is 14.0 Å². The van der Waals surface area contributed by atoms with Crippen LogP contribution in [0.2, 0.25) is 5.02 Å². The summed E-state index contributed by atoms with van der Waals surface area (Å²) in [6, 6.07) is 3.80. The second kappa shape index (κ2) is 6.43. The van der Waals surface area contributed by atoms with Crippen LogP contribution in [0.15, 0.2) is 18.2 Å². The summed E-state index contributed by atoms with van der Waals surface area (Å²) in [5.74, 6) is -0.648. The maximum Gasteiger partial charge on any atom is 0.243 e. The number of piperazine rings is 1. The van der Waals surface area contributed by atoms with Gasteiger partial charge in [0.15, 0.2) is 0 Å². The largest absolute Gasteiger partial charge is 0.345 e. The molecule has 0 saturated carbocycles. The first-order chi connectivity index (χ1) is 9.90. The highest BCUT2D eigenvalue weighted by Crippen LogP contribution is 2.24. The molecule has 2 amide bonds. The van der Waals surface area contributed by atoms with Gasteiger partial charge in [0.2, 0.25) is 11.8 Å². The molecule has 0 spiro atoms. The van der Waals surface area contributed by atoms with E-state index < -0.39 is 11.9 Å². The molecule has 2 rings (SSSR count). The van der Waals surface area contributed by atoms with Crippen LogP contribution in [0.1, 0.15) is 25.8 Å². The van der Waals surface area contributed by atoms with Gasteiger partial charge in [-0.25, -0.2) is 4.39 Å². The molecule has 1 aromatic carbocycles. The molecule has 21 heavy (non-hydrogen) atoms. The third-order valence-electron chi connectivity index (χ3n) is 3.50. The van der Waals surface area contributed by atoms with Crippen LogP contribution in [0, 0.1) is 11.7 Å². The van der Waals surface area contributed by atoms with Crippen LogP contribution in [-0.2, 0) is 16.1 Å². The van der Waals surface area contributed by atoms with E-state index in [0.717, 1.165) is 0 Å². The van der Waals surface area contributed by atoms with E-state index in [2.05, 4.69) is 5.32 Å². The quantitative estimate of drug-likeness (QED) is 0.928. The molecular formula is C15H18ClFN2O2. The molecule has 0 aliphatic carbocycles. The molecular weight excluding hydrogens is 295 g/mol. The smallest absolute Gasteiger partial charge is 0.243 e. The van der Waals surface area contributed by atoms with Gasteiger partial charge in [-0.2, -0.15) is 0 Å². The predicted molar refractivity (Wildman–Crippen MR) is 78.2 cm³/mol. The van der Waals surface area contributed by atoms with Crippen LogP contribution in [0.3, 0.4) is 0 Å². The number of nitrogens with zero attached hydrogens (tertiary/aromatic N) is 1. The normalized spacial score (nSPS) is 19.1. The minimum absolute atomic E-state index is 0.00907. The fourth-order valence-corrected chi connectivity index (χ4v) is 2.65. The van der Waals surface area contributed by atoms with Crippen LogP contribution in [0.5, 0.6) is 0 Å². The fourth-order valence-electron chi connectivity index (χ4n) is 2.43. The van der Waals surface area contributed by atoms with Gasteiger partial charge in [-0.3, -0.25) is 9.59 Å². The minimum Gasteiger partial charge on any atom is -0.345 e. The standard InChI is InChI=1S/C15H18ClFN2O2/c1-9(2)6-13-15(21)18-7-14(20)19(13)8-10-11(16)4-3-5-12(10)17/h3-5,9,13H,6-8H2,1-2H3,(H,18,21). The van der Waals surface area contributed by atoms with Crippen molar-refractivity contribution in [2.24, 2.45) is 5.92 Å². The Hall–Kier alpha value is -1.62. The van der Waals surface area contributed by atoms with E-state index in [1.807, 2.05) is 13.8 Å². The first-order valence-electron chi connectivity index (χ1n) is 6.90. The number of amides is 2. The lowest BCUT2D eigenvalue weighted by Crippen LogP contribution is -2.58. The van der Waals surface area contributed by atoms with Crippen LogP contribution >= 0.6 is 11.6 Å². The zero-order valence-corrected chi connectivity index (χ0v) is 12.8. The Balaban J connectivity index is 2.29. The number of hydrogen-bond acceptors (Lipinski definition) is 2. The molecule has 4 nitrogen and oxygen atoms in total. The van der Waals surface area contributed by atoms with Gasteiger partial charge < -0.3 is 10.2 Å². The van der Waals surface area contributed by atoms with Crippen molar-refractivity contribution in [2.75, 3.05) is 6.54 Å². The van der Waals surface area contributed by atoms with Gasteiger partial charge in [-0.05, 0) is 24.5 Å². The molecule has 6 heteroatoms. The number of carbonyl (C=O) groups is 2. The second-order valence-corrected chi connectivity index (χ2v) is 5.99. The summed E-state index contributed by atoms with van der Waals surface area (Å²) < 4.78 is 13.9. The van der Waals surface area contributed by atoms with Crippen molar-refractivity contribution >= 4 is 23.4 Å². The van der Waals surface area contributed by atoms with Crippen LogP contribution in [0.4, 0.5) is 4.39 Å². The molecule has 0 radical (unpaired) electrons. The molecule has 0 aromatic heterocycles. The maximum atomic E-state index is 13.9. The Labute approximate surface area is 128 Å². The monoisotopic (exact) mass is 312 g/mol. The van der Waals surface area contributed by atoms with Crippen LogP contribution in [0.25, 0.3) is 0 Å². The Morgan fingerprint density at radius 3 is 2.76 bits per heavy atom. The van der Waals surface area contributed by atoms with Crippen LogP contribution in [-0.4, -0.2) is 29.3 Å². The van der Waals surface area contributed by atoms with Crippen molar-refractivity contribution in [3.05, 3.63) is 34.6 Å². The predicted octanol–water partition coefficient (Wildman–Crippen LogP) is 2.35. The van der Waals surface area contributed by atoms with Crippen LogP contribution < -0.4 is 5.32 Å². The summed E-state index contributed by atoms with van der Waals surface area (Å²) in [5.41, 5.74) is 0.246. The van der Waals surface area contributed by atoms with Gasteiger partial charge >= 0.3 is 0 Å². The summed E-state index contributed by atoms with van der Waals surface area (Å²) in [4.78, 5) is 25.5. The van der Waals surface area contributed by atoms with Crippen molar-refractivity contribution in [3.63, 3.8) is 0 Å². The van der Waals surface area contributed by atoms with E-state index in [0.29, 0.717) is 6.42 Å². The van der Waals surface area contributed by atoms with Gasteiger partial charge in [0.1, 0.15) is 11.9 Å². The van der Waals surface area contributed by atoms with Crippen molar-refractivity contribution < 1.29 is 14.0 Å². The summed E-state index contributed by atoms with van der Waals surface area (Å²) in [7, 11) is 0. The first kappa shape index (κ1) is 15.8. The lowest BCUT2D eigenvalue weighted by molar-refractivity contribution is -0.146. The number of hydrogen-bond donors (Lipinski definition) is 1. The van der Waals surface area contributed by atoms with Gasteiger partial charge in [-0.1, -0.05) is 31.5 Å². The second-order valence-electron chi connectivity index (χ2n) is 5.59. The number of benzene rings is 1. The fraction of sp³-hybridized carbons (Fsp3) is 0.467. The topological polar surface area (TPSA) is 49.4 Å². The molecule has 1 fully saturated rings. The van der Waals surface area contributed by atoms with Gasteiger partial charge in [0.25, 0.3) is 0 Å². The molecule has 1 N–H and O–H groups in total. The van der Waals surface area contributed by atoms with E-state index in [4.69, 9.17) is 11.6 Å². The summed E-state index contributed by atoms with van der Waals surface area (Å²) in [6.07, 6.45) is 0.531. The molecule has 1 unspecified atom stereocenters. The van der Waals surface area contributed by atoms with E-state index in [1.54, 1.807) is 6.07 Å². The SMILES string of the molecule is CC(C)CC1C(=O)NCC(=O)N1Cc1c(F)cccc1Cl. The Morgan fingerprint density at radius 1 is 1.43 bits per heavy atom. The number of halogens is 2. The van der Waals surface area contributed by atoms with Gasteiger partial charge in [0, 0.05) is 10.6 Å². The molecule has 1 heterocycles. The number of carbonyl (C=O) groups excluding carboxylic acids is 2. The summed E-state index contributed by atoms with van der Waals surface area (Å²) in [5, 5.41) is 2.84. The average molecular weight is 313 g/mol. The lowest BCUT2D eigenvalue weighted by atomic mass is 9.99. The zero-order valence-electron chi connectivity index (χ0n) is 12.0. The molecule has 1 aliphatic rings. The first-order valence-corrected chi connectivity index (χ1v) is 7.28. The molecule has 0 bridgehead atoms. The molecule has 1 aliphatic heterocycles. The zero-order chi connectivity index (χ0) is 15.6. The minimum atomic E-state index is -0.582. The van der Waals surface area contributed by atoms with Gasteiger partial charge in [-0.15, -0.1) is 0 Å². The Bertz CT molecular complexity index is 542. The highest BCUT2D eigenvalue weighted by molar-refractivity contribution is 6.31. The lowest BCUT2D eigenvalue weighted by Gasteiger charge is -2.36. The highest BCUT2D eigenvalue weighted by atomic mass is 35.5. The summed E-state index contributed by atoms with van der Waals surface area (Å²) >= 11 is 6.01. The third kappa shape index (κ3) is 3.53. The number of rotatable bonds is 4. The third-order valence-corrected chi connectivity index (χ3v) is 3.85. The molecule has 1 saturated heterocycles. The maximum absolute atomic E-state index is 13.9. The molecule has 114 valence electrons. The van der Waals surface area contributed by atoms with Crippen molar-refractivity contribution in [1.29, 1.82) is 0 Å². The van der Waals surface area contributed by atoms with Gasteiger partial charge in [0.05, 0.1) is 13.1 Å². The summed E-state index contributed by atoms with van der Waals surface area (Å²) in [6.45, 7) is 3.90. The Kier molecular flexibility index (Phi) is 4.83. The van der Waals surface area contributed by atoms with E-state index in [1.165, 1.54) is 17.0 Å². The molecule has 1 atom stereocenters. The number of nitrogens with one attached hydrogen (secondary N) is 1. The average Bonchev–Trinajstić information content (AvgIpc) is 2.40. The highest BCUT2D eigenvalue weighted by Gasteiger charge is 2.35. The van der Waals surface area contributed by atoms with Crippen molar-refractivity contribution in [2.45, 2.75) is 32.9 Å².